The lowest BCUT2D eigenvalue weighted by Gasteiger charge is -2.15. The molecule has 1 fully saturated rings. The molecule has 3 nitrogen and oxygen atoms in total. The summed E-state index contributed by atoms with van der Waals surface area (Å²) in [7, 11) is 0. The Hall–Kier alpha value is -2.29. The molecule has 1 aliphatic heterocycles. The largest absolute Gasteiger partial charge is 0.445 e. The Morgan fingerprint density at radius 1 is 0.952 bits per heavy atom. The molecule has 0 spiro atoms. The molecule has 0 aliphatic carbocycles. The minimum absolute atomic E-state index is 0.197. The van der Waals surface area contributed by atoms with E-state index in [1.165, 1.54) is 5.56 Å². The summed E-state index contributed by atoms with van der Waals surface area (Å²) in [6, 6.07) is 18.3. The van der Waals surface area contributed by atoms with Crippen LogP contribution in [-0.2, 0) is 11.3 Å². The van der Waals surface area contributed by atoms with Crippen LogP contribution in [0.2, 0.25) is 0 Å². The molecule has 1 saturated heterocycles. The molecule has 2 aromatic carbocycles. The van der Waals surface area contributed by atoms with E-state index >= 15 is 0 Å². The van der Waals surface area contributed by atoms with Gasteiger partial charge in [-0.05, 0) is 35.6 Å². The molecule has 1 heterocycles. The van der Waals surface area contributed by atoms with Crippen LogP contribution in [0.3, 0.4) is 0 Å². The van der Waals surface area contributed by atoms with Crippen molar-refractivity contribution in [3.63, 3.8) is 0 Å². The fraction of sp³-hybridized carbons (Fsp3) is 0.278. The van der Waals surface area contributed by atoms with Crippen molar-refractivity contribution < 1.29 is 9.53 Å². The summed E-state index contributed by atoms with van der Waals surface area (Å²) in [5.41, 5.74) is 3.33. The second-order valence-electron chi connectivity index (χ2n) is 5.32. The van der Waals surface area contributed by atoms with Crippen LogP contribution in [0, 0.1) is 0 Å². The minimum Gasteiger partial charge on any atom is -0.445 e. The zero-order valence-corrected chi connectivity index (χ0v) is 12.0. The number of carbonyl (C=O) groups is 1. The molecule has 0 bridgehead atoms. The van der Waals surface area contributed by atoms with Crippen molar-refractivity contribution in [2.45, 2.75) is 19.4 Å². The Morgan fingerprint density at radius 2 is 1.67 bits per heavy atom. The van der Waals surface area contributed by atoms with E-state index in [-0.39, 0.29) is 6.09 Å². The van der Waals surface area contributed by atoms with Gasteiger partial charge in [-0.15, -0.1) is 0 Å². The first-order valence-corrected chi connectivity index (χ1v) is 7.39. The third-order valence-electron chi connectivity index (χ3n) is 3.76. The number of nitrogens with zero attached hydrogens (tertiary/aromatic N) is 1. The normalized spacial score (nSPS) is 14.2. The van der Waals surface area contributed by atoms with Gasteiger partial charge < -0.3 is 9.64 Å². The van der Waals surface area contributed by atoms with Crippen LogP contribution in [0.25, 0.3) is 11.1 Å². The third kappa shape index (κ3) is 3.43. The average molecular weight is 281 g/mol. The van der Waals surface area contributed by atoms with E-state index in [1.54, 1.807) is 4.90 Å². The molecule has 2 aromatic rings. The molecule has 0 aromatic heterocycles. The van der Waals surface area contributed by atoms with Crippen molar-refractivity contribution >= 4 is 6.09 Å². The lowest BCUT2D eigenvalue weighted by Crippen LogP contribution is -2.28. The Morgan fingerprint density at radius 3 is 2.43 bits per heavy atom. The van der Waals surface area contributed by atoms with E-state index in [4.69, 9.17) is 4.74 Å². The molecule has 0 unspecified atom stereocenters. The van der Waals surface area contributed by atoms with E-state index in [0.717, 1.165) is 37.1 Å². The standard InChI is InChI=1S/C18H19NO2/c20-18(19-11-4-5-12-19)21-14-15-7-6-10-17(13-15)16-8-2-1-3-9-16/h1-3,6-10,13H,4-5,11-12,14H2. The monoisotopic (exact) mass is 281 g/mol. The van der Waals surface area contributed by atoms with Crippen molar-refractivity contribution in [3.8, 4) is 11.1 Å². The van der Waals surface area contributed by atoms with Gasteiger partial charge in [-0.1, -0.05) is 48.5 Å². The van der Waals surface area contributed by atoms with E-state index in [2.05, 4.69) is 24.3 Å². The lowest BCUT2D eigenvalue weighted by molar-refractivity contribution is 0.104. The van der Waals surface area contributed by atoms with E-state index in [1.807, 2.05) is 30.3 Å². The minimum atomic E-state index is -0.197. The summed E-state index contributed by atoms with van der Waals surface area (Å²) in [6.07, 6.45) is 1.97. The van der Waals surface area contributed by atoms with Gasteiger partial charge in [0.2, 0.25) is 0 Å². The summed E-state index contributed by atoms with van der Waals surface area (Å²) < 4.78 is 5.39. The van der Waals surface area contributed by atoms with Gasteiger partial charge in [0.05, 0.1) is 0 Å². The maximum absolute atomic E-state index is 11.9. The number of ether oxygens (including phenoxy) is 1. The van der Waals surface area contributed by atoms with Crippen molar-refractivity contribution in [2.24, 2.45) is 0 Å². The first-order valence-electron chi connectivity index (χ1n) is 7.39. The van der Waals surface area contributed by atoms with Gasteiger partial charge in [-0.25, -0.2) is 4.79 Å². The number of hydrogen-bond donors (Lipinski definition) is 0. The summed E-state index contributed by atoms with van der Waals surface area (Å²) in [4.78, 5) is 13.7. The highest BCUT2D eigenvalue weighted by Crippen LogP contribution is 2.20. The smallest absolute Gasteiger partial charge is 0.410 e. The SMILES string of the molecule is O=C(OCc1cccc(-c2ccccc2)c1)N1CCCC1. The highest BCUT2D eigenvalue weighted by Gasteiger charge is 2.18. The highest BCUT2D eigenvalue weighted by atomic mass is 16.6. The zero-order chi connectivity index (χ0) is 14.5. The molecule has 1 aliphatic rings. The van der Waals surface area contributed by atoms with Crippen molar-refractivity contribution in [2.75, 3.05) is 13.1 Å². The first kappa shape index (κ1) is 13.7. The quantitative estimate of drug-likeness (QED) is 0.848. The van der Waals surface area contributed by atoms with Gasteiger partial charge in [0.1, 0.15) is 6.61 Å². The molecule has 0 radical (unpaired) electrons. The maximum Gasteiger partial charge on any atom is 0.410 e. The molecule has 0 N–H and O–H groups in total. The number of carbonyl (C=O) groups excluding carboxylic acids is 1. The molecule has 1 amide bonds. The third-order valence-corrected chi connectivity index (χ3v) is 3.76. The molecule has 0 atom stereocenters. The number of rotatable bonds is 3. The Kier molecular flexibility index (Phi) is 4.20. The number of hydrogen-bond acceptors (Lipinski definition) is 2. The topological polar surface area (TPSA) is 29.5 Å². The van der Waals surface area contributed by atoms with Gasteiger partial charge >= 0.3 is 6.09 Å². The lowest BCUT2D eigenvalue weighted by atomic mass is 10.0. The highest BCUT2D eigenvalue weighted by molar-refractivity contribution is 5.68. The number of likely N-dealkylation sites (tertiary alicyclic amines) is 1. The number of amides is 1. The zero-order valence-electron chi connectivity index (χ0n) is 12.0. The fourth-order valence-electron chi connectivity index (χ4n) is 2.61. The van der Waals surface area contributed by atoms with Crippen LogP contribution >= 0.6 is 0 Å². The summed E-state index contributed by atoms with van der Waals surface area (Å²) in [5.74, 6) is 0. The van der Waals surface area contributed by atoms with Crippen molar-refractivity contribution in [1.29, 1.82) is 0 Å². The van der Waals surface area contributed by atoms with Crippen molar-refractivity contribution in [1.82, 2.24) is 4.90 Å². The second kappa shape index (κ2) is 6.44. The predicted molar refractivity (Wildman–Crippen MR) is 82.9 cm³/mol. The molecule has 3 rings (SSSR count). The molecular formula is C18H19NO2. The van der Waals surface area contributed by atoms with E-state index in [9.17, 15) is 4.79 Å². The van der Waals surface area contributed by atoms with E-state index < -0.39 is 0 Å². The van der Waals surface area contributed by atoms with E-state index in [0.29, 0.717) is 6.61 Å². The van der Waals surface area contributed by atoms with Gasteiger partial charge in [-0.2, -0.15) is 0 Å². The van der Waals surface area contributed by atoms with Gasteiger partial charge in [0, 0.05) is 13.1 Å². The molecule has 21 heavy (non-hydrogen) atoms. The van der Waals surface area contributed by atoms with Gasteiger partial charge in [0.15, 0.2) is 0 Å². The molecule has 3 heteroatoms. The molecular weight excluding hydrogens is 262 g/mol. The van der Waals surface area contributed by atoms with Crippen LogP contribution in [0.5, 0.6) is 0 Å². The fourth-order valence-corrected chi connectivity index (χ4v) is 2.61. The van der Waals surface area contributed by atoms with Gasteiger partial charge in [-0.3, -0.25) is 0 Å². The summed E-state index contributed by atoms with van der Waals surface area (Å²) in [5, 5.41) is 0. The molecule has 108 valence electrons. The van der Waals surface area contributed by atoms with Crippen LogP contribution in [-0.4, -0.2) is 24.1 Å². The van der Waals surface area contributed by atoms with Crippen LogP contribution in [0.15, 0.2) is 54.6 Å². The van der Waals surface area contributed by atoms with Crippen LogP contribution in [0.1, 0.15) is 18.4 Å². The summed E-state index contributed by atoms with van der Waals surface area (Å²) >= 11 is 0. The van der Waals surface area contributed by atoms with Crippen LogP contribution in [0.4, 0.5) is 4.79 Å². The Balaban J connectivity index is 1.65. The first-order chi connectivity index (χ1) is 10.3. The molecule has 0 saturated carbocycles. The number of benzene rings is 2. The second-order valence-corrected chi connectivity index (χ2v) is 5.32. The maximum atomic E-state index is 11.9. The van der Waals surface area contributed by atoms with Crippen molar-refractivity contribution in [3.05, 3.63) is 60.2 Å². The average Bonchev–Trinajstić information content (AvgIpc) is 3.08. The summed E-state index contributed by atoms with van der Waals surface area (Å²) in [6.45, 7) is 1.97. The Labute approximate surface area is 125 Å². The van der Waals surface area contributed by atoms with Gasteiger partial charge in [0.25, 0.3) is 0 Å². The Bertz CT molecular complexity index is 604. The van der Waals surface area contributed by atoms with Crippen LogP contribution < -0.4 is 0 Å². The predicted octanol–water partition coefficient (Wildman–Crippen LogP) is 4.09.